The Balaban J connectivity index is 4.33. The summed E-state index contributed by atoms with van der Waals surface area (Å²) >= 11 is 0. The molecule has 0 radical (unpaired) electrons. The molecule has 0 aromatic carbocycles. The van der Waals surface area contributed by atoms with Crippen LogP contribution in [0, 0.1) is 0 Å². The van der Waals surface area contributed by atoms with Gasteiger partial charge in [0.25, 0.3) is 0 Å². The largest absolute Gasteiger partial charge is 0.476 e. The van der Waals surface area contributed by atoms with Gasteiger partial charge in [-0.05, 0) is 13.0 Å². The Morgan fingerprint density at radius 3 is 2.60 bits per heavy atom. The third kappa shape index (κ3) is 2.76. The van der Waals surface area contributed by atoms with E-state index in [1.165, 1.54) is 6.21 Å². The van der Waals surface area contributed by atoms with Crippen molar-refractivity contribution in [1.82, 2.24) is 0 Å². The number of carboxylic acids is 1. The second-order valence-corrected chi connectivity index (χ2v) is 1.37. The van der Waals surface area contributed by atoms with Gasteiger partial charge in [0.2, 0.25) is 0 Å². The number of hydrogen-bond donors (Lipinski definition) is 1. The van der Waals surface area contributed by atoms with Gasteiger partial charge < -0.3 is 5.11 Å². The number of hydrogen-bond acceptors (Lipinski definition) is 3. The first kappa shape index (κ1) is 8.55. The maximum atomic E-state index is 10.2. The average molecular weight is 140 g/mol. The van der Waals surface area contributed by atoms with Crippen LogP contribution in [0.3, 0.4) is 0 Å². The molecule has 1 N–H and O–H groups in total. The van der Waals surface area contributed by atoms with Gasteiger partial charge >= 0.3 is 5.97 Å². The second kappa shape index (κ2) is 4.43. The van der Waals surface area contributed by atoms with Crippen molar-refractivity contribution in [3.8, 4) is 0 Å². The normalized spacial score (nSPS) is 11.9. The minimum Gasteiger partial charge on any atom is -0.476 e. The Morgan fingerprint density at radius 1 is 1.70 bits per heavy atom. The molecular formula is C6H8N2O2. The predicted octanol–water partition coefficient (Wildman–Crippen LogP) is 0.704. The molecule has 10 heavy (non-hydrogen) atoms. The van der Waals surface area contributed by atoms with Gasteiger partial charge in [0, 0.05) is 6.21 Å². The number of carbonyl (C=O) groups is 1. The SMILES string of the molecule is C=C/C(=N\N=C/C)C(=O)O. The fraction of sp³-hybridized carbons (Fsp3) is 0.167. The zero-order valence-electron chi connectivity index (χ0n) is 5.61. The van der Waals surface area contributed by atoms with Crippen molar-refractivity contribution < 1.29 is 9.90 Å². The van der Waals surface area contributed by atoms with E-state index in [1.807, 2.05) is 0 Å². The van der Waals surface area contributed by atoms with Crippen molar-refractivity contribution in [2.75, 3.05) is 0 Å². The molecule has 0 saturated carbocycles. The summed E-state index contributed by atoms with van der Waals surface area (Å²) < 4.78 is 0. The van der Waals surface area contributed by atoms with Crippen LogP contribution in [0.25, 0.3) is 0 Å². The van der Waals surface area contributed by atoms with Gasteiger partial charge in [0.1, 0.15) is 0 Å². The lowest BCUT2D eigenvalue weighted by molar-refractivity contribution is -0.129. The van der Waals surface area contributed by atoms with Crippen LogP contribution in [0.2, 0.25) is 0 Å². The van der Waals surface area contributed by atoms with Crippen LogP contribution in [-0.2, 0) is 4.79 Å². The molecule has 0 bridgehead atoms. The first-order valence-corrected chi connectivity index (χ1v) is 2.63. The van der Waals surface area contributed by atoms with E-state index >= 15 is 0 Å². The van der Waals surface area contributed by atoms with Gasteiger partial charge in [0.15, 0.2) is 5.71 Å². The Bertz CT molecular complexity index is 194. The second-order valence-electron chi connectivity index (χ2n) is 1.37. The van der Waals surface area contributed by atoms with Crippen molar-refractivity contribution in [2.24, 2.45) is 10.2 Å². The monoisotopic (exact) mass is 140 g/mol. The Morgan fingerprint density at radius 2 is 2.30 bits per heavy atom. The molecule has 0 rings (SSSR count). The van der Waals surface area contributed by atoms with E-state index in [-0.39, 0.29) is 5.71 Å². The molecule has 0 fully saturated rings. The number of carboxylic acid groups (broad SMARTS) is 1. The molecule has 0 aliphatic carbocycles. The topological polar surface area (TPSA) is 62.0 Å². The molecule has 0 unspecified atom stereocenters. The van der Waals surface area contributed by atoms with Gasteiger partial charge in [-0.2, -0.15) is 5.10 Å². The van der Waals surface area contributed by atoms with Crippen molar-refractivity contribution >= 4 is 17.9 Å². The molecule has 0 saturated heterocycles. The van der Waals surface area contributed by atoms with Crippen LogP contribution in [0.5, 0.6) is 0 Å². The lowest BCUT2D eigenvalue weighted by Gasteiger charge is -1.85. The molecule has 0 spiro atoms. The molecule has 0 aliphatic heterocycles. The summed E-state index contributed by atoms with van der Waals surface area (Å²) in [5.41, 5.74) is -0.155. The van der Waals surface area contributed by atoms with Crippen LogP contribution in [0.15, 0.2) is 22.9 Å². The van der Waals surface area contributed by atoms with Gasteiger partial charge in [0.05, 0.1) is 0 Å². The lowest BCUT2D eigenvalue weighted by atomic mass is 10.4. The highest BCUT2D eigenvalue weighted by Crippen LogP contribution is 1.81. The quantitative estimate of drug-likeness (QED) is 0.463. The van der Waals surface area contributed by atoms with Crippen LogP contribution >= 0.6 is 0 Å². The fourth-order valence-electron chi connectivity index (χ4n) is 0.291. The summed E-state index contributed by atoms with van der Waals surface area (Å²) in [5.74, 6) is -1.12. The molecule has 0 heterocycles. The Labute approximate surface area is 58.6 Å². The lowest BCUT2D eigenvalue weighted by Crippen LogP contribution is -2.08. The predicted molar refractivity (Wildman–Crippen MR) is 39.4 cm³/mol. The van der Waals surface area contributed by atoms with E-state index in [0.717, 1.165) is 6.08 Å². The highest BCUT2D eigenvalue weighted by molar-refractivity contribution is 6.40. The highest BCUT2D eigenvalue weighted by atomic mass is 16.4. The Hall–Kier alpha value is -1.45. The zero-order chi connectivity index (χ0) is 7.98. The molecule has 0 atom stereocenters. The van der Waals surface area contributed by atoms with E-state index in [4.69, 9.17) is 5.11 Å². The van der Waals surface area contributed by atoms with Crippen molar-refractivity contribution in [2.45, 2.75) is 6.92 Å². The number of aliphatic carboxylic acids is 1. The van der Waals surface area contributed by atoms with E-state index < -0.39 is 5.97 Å². The summed E-state index contributed by atoms with van der Waals surface area (Å²) in [6.45, 7) is 4.89. The zero-order valence-corrected chi connectivity index (χ0v) is 5.61. The number of nitrogens with zero attached hydrogens (tertiary/aromatic N) is 2. The van der Waals surface area contributed by atoms with Crippen LogP contribution in [0.4, 0.5) is 0 Å². The minimum atomic E-state index is -1.12. The smallest absolute Gasteiger partial charge is 0.356 e. The third-order valence-corrected chi connectivity index (χ3v) is 0.693. The van der Waals surface area contributed by atoms with E-state index in [1.54, 1.807) is 6.92 Å². The minimum absolute atomic E-state index is 0.155. The molecule has 0 aromatic heterocycles. The maximum Gasteiger partial charge on any atom is 0.356 e. The summed E-state index contributed by atoms with van der Waals surface area (Å²) in [6.07, 6.45) is 2.53. The van der Waals surface area contributed by atoms with Crippen LogP contribution in [-0.4, -0.2) is 23.0 Å². The van der Waals surface area contributed by atoms with E-state index in [0.29, 0.717) is 0 Å². The molecule has 0 aromatic rings. The summed E-state index contributed by atoms with van der Waals surface area (Å²) in [7, 11) is 0. The average Bonchev–Trinajstić information content (AvgIpc) is 1.89. The van der Waals surface area contributed by atoms with Crippen molar-refractivity contribution in [3.63, 3.8) is 0 Å². The van der Waals surface area contributed by atoms with E-state index in [9.17, 15) is 4.79 Å². The highest BCUT2D eigenvalue weighted by Gasteiger charge is 2.01. The summed E-state index contributed by atoms with van der Waals surface area (Å²) in [6, 6.07) is 0. The molecule has 4 nitrogen and oxygen atoms in total. The third-order valence-electron chi connectivity index (χ3n) is 0.693. The van der Waals surface area contributed by atoms with Gasteiger partial charge in [-0.3, -0.25) is 0 Å². The summed E-state index contributed by atoms with van der Waals surface area (Å²) in [5, 5.41) is 15.0. The van der Waals surface area contributed by atoms with Crippen LogP contribution in [0.1, 0.15) is 6.92 Å². The fourth-order valence-corrected chi connectivity index (χ4v) is 0.291. The maximum absolute atomic E-state index is 10.2. The van der Waals surface area contributed by atoms with Gasteiger partial charge in [-0.25, -0.2) is 4.79 Å². The van der Waals surface area contributed by atoms with Gasteiger partial charge in [-0.1, -0.05) is 6.58 Å². The molecule has 0 amide bonds. The van der Waals surface area contributed by atoms with Gasteiger partial charge in [-0.15, -0.1) is 5.10 Å². The molecule has 4 heteroatoms. The van der Waals surface area contributed by atoms with Crippen molar-refractivity contribution in [1.29, 1.82) is 0 Å². The first-order valence-electron chi connectivity index (χ1n) is 2.63. The van der Waals surface area contributed by atoms with Crippen molar-refractivity contribution in [3.05, 3.63) is 12.7 Å². The summed E-state index contributed by atoms with van der Waals surface area (Å²) in [4.78, 5) is 10.2. The Kier molecular flexibility index (Phi) is 3.79. The van der Waals surface area contributed by atoms with E-state index in [2.05, 4.69) is 16.8 Å². The number of rotatable bonds is 3. The molecular weight excluding hydrogens is 132 g/mol. The first-order chi connectivity index (χ1) is 4.72. The standard InChI is InChI=1S/C6H8N2O2/c1-3-5(6(9)10)8-7-4-2/h3-4H,1H2,2H3,(H,9,10)/b7-4-,8-5+. The molecule has 54 valence electrons. The van der Waals surface area contributed by atoms with Crippen LogP contribution < -0.4 is 0 Å². The molecule has 0 aliphatic rings.